The minimum atomic E-state index is 0.0180. The number of pyridine rings is 1. The second kappa shape index (κ2) is 7.29. The number of urea groups is 1. The molecule has 5 heteroatoms. The number of nitrogens with one attached hydrogen (secondary N) is 1. The van der Waals surface area contributed by atoms with Crippen molar-refractivity contribution in [2.24, 2.45) is 5.92 Å². The van der Waals surface area contributed by atoms with Crippen LogP contribution in [0.2, 0.25) is 0 Å². The second-order valence-corrected chi connectivity index (χ2v) is 6.00. The third-order valence-corrected chi connectivity index (χ3v) is 3.67. The fourth-order valence-electron chi connectivity index (χ4n) is 2.33. The lowest BCUT2D eigenvalue weighted by molar-refractivity contribution is 0.173. The molecule has 2 amide bonds. The number of carbonyl (C=O) groups is 1. The van der Waals surface area contributed by atoms with Gasteiger partial charge in [-0.15, -0.1) is 0 Å². The monoisotopic (exact) mass is 291 g/mol. The van der Waals surface area contributed by atoms with E-state index >= 15 is 0 Å². The third kappa shape index (κ3) is 4.92. The number of piperidine rings is 1. The van der Waals surface area contributed by atoms with Gasteiger partial charge in [0.05, 0.1) is 6.10 Å². The molecule has 0 aliphatic carbocycles. The van der Waals surface area contributed by atoms with Crippen LogP contribution >= 0.6 is 0 Å². The normalized spacial score (nSPS) is 16.1. The van der Waals surface area contributed by atoms with E-state index in [2.05, 4.69) is 17.2 Å². The van der Waals surface area contributed by atoms with E-state index in [1.54, 1.807) is 6.20 Å². The van der Waals surface area contributed by atoms with Crippen LogP contribution in [0.15, 0.2) is 18.3 Å². The molecule has 1 aromatic heterocycles. The lowest BCUT2D eigenvalue weighted by Crippen LogP contribution is -2.43. The maximum Gasteiger partial charge on any atom is 0.317 e. The van der Waals surface area contributed by atoms with Crippen LogP contribution in [0, 0.1) is 5.92 Å². The van der Waals surface area contributed by atoms with Crippen LogP contribution in [0.1, 0.15) is 39.2 Å². The van der Waals surface area contributed by atoms with Crippen LogP contribution in [0.4, 0.5) is 4.79 Å². The molecule has 21 heavy (non-hydrogen) atoms. The highest BCUT2D eigenvalue weighted by molar-refractivity contribution is 5.74. The summed E-state index contributed by atoms with van der Waals surface area (Å²) in [4.78, 5) is 18.2. The molecule has 1 aliphatic heterocycles. The molecule has 0 atom stereocenters. The number of ether oxygens (including phenoxy) is 1. The third-order valence-electron chi connectivity index (χ3n) is 3.67. The van der Waals surface area contributed by atoms with Crippen molar-refractivity contribution in [3.63, 3.8) is 0 Å². The Kier molecular flexibility index (Phi) is 5.42. The first-order valence-electron chi connectivity index (χ1n) is 7.69. The predicted octanol–water partition coefficient (Wildman–Crippen LogP) is 2.81. The van der Waals surface area contributed by atoms with Crippen LogP contribution in [0.3, 0.4) is 0 Å². The number of nitrogens with zero attached hydrogens (tertiary/aromatic N) is 2. The van der Waals surface area contributed by atoms with E-state index in [1.165, 1.54) is 0 Å². The Morgan fingerprint density at radius 3 is 2.71 bits per heavy atom. The van der Waals surface area contributed by atoms with Crippen molar-refractivity contribution in [3.05, 3.63) is 23.9 Å². The van der Waals surface area contributed by atoms with Crippen molar-refractivity contribution in [2.45, 2.75) is 46.3 Å². The largest absolute Gasteiger partial charge is 0.475 e. The van der Waals surface area contributed by atoms with Crippen molar-refractivity contribution in [1.82, 2.24) is 15.2 Å². The molecule has 0 unspecified atom stereocenters. The Morgan fingerprint density at radius 1 is 1.43 bits per heavy atom. The molecule has 0 bridgehead atoms. The summed E-state index contributed by atoms with van der Waals surface area (Å²) in [6.07, 6.45) is 4.05. The molecular formula is C16H25N3O2. The van der Waals surface area contributed by atoms with Crippen LogP contribution in [-0.2, 0) is 6.54 Å². The molecule has 0 aromatic carbocycles. The van der Waals surface area contributed by atoms with Crippen molar-refractivity contribution in [2.75, 3.05) is 13.1 Å². The number of carbonyl (C=O) groups excluding carboxylic acids is 1. The fraction of sp³-hybridized carbons (Fsp3) is 0.625. The molecule has 0 spiro atoms. The molecule has 1 aliphatic rings. The molecule has 1 saturated heterocycles. The van der Waals surface area contributed by atoms with E-state index < -0.39 is 0 Å². The maximum atomic E-state index is 12.1. The summed E-state index contributed by atoms with van der Waals surface area (Å²) in [7, 11) is 0. The van der Waals surface area contributed by atoms with Crippen molar-refractivity contribution in [3.8, 4) is 5.88 Å². The van der Waals surface area contributed by atoms with Gasteiger partial charge >= 0.3 is 6.03 Å². The summed E-state index contributed by atoms with van der Waals surface area (Å²) >= 11 is 0. The molecule has 5 nitrogen and oxygen atoms in total. The molecule has 1 aromatic rings. The Bertz CT molecular complexity index is 451. The first kappa shape index (κ1) is 15.6. The number of likely N-dealkylation sites (tertiary alicyclic amines) is 1. The Morgan fingerprint density at radius 2 is 2.14 bits per heavy atom. The predicted molar refractivity (Wildman–Crippen MR) is 82.2 cm³/mol. The molecular weight excluding hydrogens is 266 g/mol. The highest BCUT2D eigenvalue weighted by atomic mass is 16.5. The van der Waals surface area contributed by atoms with Crippen LogP contribution in [-0.4, -0.2) is 35.1 Å². The number of aromatic nitrogens is 1. The Balaban J connectivity index is 1.78. The van der Waals surface area contributed by atoms with Gasteiger partial charge in [-0.05, 0) is 38.2 Å². The summed E-state index contributed by atoms with van der Waals surface area (Å²) in [5.41, 5.74) is 0.977. The lowest BCUT2D eigenvalue weighted by Gasteiger charge is -2.30. The van der Waals surface area contributed by atoms with Crippen LogP contribution in [0.5, 0.6) is 5.88 Å². The topological polar surface area (TPSA) is 54.5 Å². The quantitative estimate of drug-likeness (QED) is 0.928. The smallest absolute Gasteiger partial charge is 0.317 e. The van der Waals surface area contributed by atoms with Gasteiger partial charge in [-0.2, -0.15) is 0 Å². The van der Waals surface area contributed by atoms with Gasteiger partial charge in [0.2, 0.25) is 5.88 Å². The zero-order chi connectivity index (χ0) is 15.2. The first-order valence-corrected chi connectivity index (χ1v) is 7.69. The van der Waals surface area contributed by atoms with Crippen LogP contribution in [0.25, 0.3) is 0 Å². The van der Waals surface area contributed by atoms with E-state index in [9.17, 15) is 4.79 Å². The molecule has 2 heterocycles. The number of hydrogen-bond acceptors (Lipinski definition) is 3. The maximum absolute atomic E-state index is 12.1. The van der Waals surface area contributed by atoms with Gasteiger partial charge in [-0.1, -0.05) is 13.0 Å². The Labute approximate surface area is 126 Å². The molecule has 1 N–H and O–H groups in total. The van der Waals surface area contributed by atoms with Gasteiger partial charge in [0.15, 0.2) is 0 Å². The SMILES string of the molecule is CC1CCN(C(=O)NCc2ccc(OC(C)C)nc2)CC1. The lowest BCUT2D eigenvalue weighted by atomic mass is 10.00. The molecule has 1 fully saturated rings. The van der Waals surface area contributed by atoms with Gasteiger partial charge in [-0.3, -0.25) is 0 Å². The minimum Gasteiger partial charge on any atom is -0.475 e. The fourth-order valence-corrected chi connectivity index (χ4v) is 2.33. The zero-order valence-electron chi connectivity index (χ0n) is 13.1. The van der Waals surface area contributed by atoms with E-state index in [1.807, 2.05) is 30.9 Å². The van der Waals surface area contributed by atoms with E-state index in [0.29, 0.717) is 12.4 Å². The van der Waals surface area contributed by atoms with Gasteiger partial charge in [-0.25, -0.2) is 9.78 Å². The minimum absolute atomic E-state index is 0.0180. The van der Waals surface area contributed by atoms with Gasteiger partial charge in [0.1, 0.15) is 0 Å². The summed E-state index contributed by atoms with van der Waals surface area (Å²) < 4.78 is 5.49. The van der Waals surface area contributed by atoms with Crippen molar-refractivity contribution >= 4 is 6.03 Å². The van der Waals surface area contributed by atoms with Gasteiger partial charge in [0.25, 0.3) is 0 Å². The average Bonchev–Trinajstić information content (AvgIpc) is 2.46. The number of rotatable bonds is 4. The van der Waals surface area contributed by atoms with Crippen molar-refractivity contribution in [1.29, 1.82) is 0 Å². The average molecular weight is 291 g/mol. The van der Waals surface area contributed by atoms with E-state index in [4.69, 9.17) is 4.74 Å². The summed E-state index contributed by atoms with van der Waals surface area (Å²) in [5.74, 6) is 1.34. The highest BCUT2D eigenvalue weighted by Crippen LogP contribution is 2.16. The van der Waals surface area contributed by atoms with Crippen molar-refractivity contribution < 1.29 is 9.53 Å². The second-order valence-electron chi connectivity index (χ2n) is 6.00. The first-order chi connectivity index (χ1) is 10.0. The van der Waals surface area contributed by atoms with Gasteiger partial charge < -0.3 is 15.0 Å². The summed E-state index contributed by atoms with van der Waals surface area (Å²) in [6, 6.07) is 3.79. The van der Waals surface area contributed by atoms with E-state index in [-0.39, 0.29) is 12.1 Å². The molecule has 2 rings (SSSR count). The number of hydrogen-bond donors (Lipinski definition) is 1. The van der Waals surface area contributed by atoms with Crippen LogP contribution < -0.4 is 10.1 Å². The molecule has 116 valence electrons. The molecule has 0 radical (unpaired) electrons. The summed E-state index contributed by atoms with van der Waals surface area (Å²) in [5, 5.41) is 2.95. The van der Waals surface area contributed by atoms with E-state index in [0.717, 1.165) is 37.4 Å². The van der Waals surface area contributed by atoms with Gasteiger partial charge in [0, 0.05) is 31.9 Å². The molecule has 0 saturated carbocycles. The Hall–Kier alpha value is -1.78. The standard InChI is InChI=1S/C16H25N3O2/c1-12(2)21-15-5-4-14(10-17-15)11-18-16(20)19-8-6-13(3)7-9-19/h4-5,10,12-13H,6-9,11H2,1-3H3,(H,18,20). The zero-order valence-corrected chi connectivity index (χ0v) is 13.1. The summed E-state index contributed by atoms with van der Waals surface area (Å²) in [6.45, 7) is 8.38. The number of amides is 2. The highest BCUT2D eigenvalue weighted by Gasteiger charge is 2.19.